The van der Waals surface area contributed by atoms with E-state index in [9.17, 15) is 4.79 Å². The summed E-state index contributed by atoms with van der Waals surface area (Å²) >= 11 is 1.76. The molecule has 134 valence electrons. The normalized spacial score (nSPS) is 19.2. The Morgan fingerprint density at radius 2 is 2.24 bits per heavy atom. The van der Waals surface area contributed by atoms with E-state index in [1.54, 1.807) is 11.3 Å². The van der Waals surface area contributed by atoms with Crippen LogP contribution >= 0.6 is 11.3 Å². The number of benzene rings is 1. The van der Waals surface area contributed by atoms with Gasteiger partial charge in [0, 0.05) is 13.1 Å². The van der Waals surface area contributed by atoms with Gasteiger partial charge in [0.1, 0.15) is 5.01 Å². The molecule has 1 aromatic heterocycles. The quantitative estimate of drug-likeness (QED) is 0.725. The van der Waals surface area contributed by atoms with Gasteiger partial charge < -0.3 is 4.90 Å². The molecule has 1 aliphatic heterocycles. The van der Waals surface area contributed by atoms with Crippen LogP contribution in [0.15, 0.2) is 36.4 Å². The van der Waals surface area contributed by atoms with Crippen LogP contribution in [0.4, 0.5) is 0 Å². The molecule has 2 atom stereocenters. The van der Waals surface area contributed by atoms with Crippen molar-refractivity contribution in [3.05, 3.63) is 41.4 Å². The maximum absolute atomic E-state index is 13.0. The van der Waals surface area contributed by atoms with Crippen LogP contribution in [0.1, 0.15) is 44.7 Å². The molecule has 0 aliphatic carbocycles. The van der Waals surface area contributed by atoms with E-state index >= 15 is 0 Å². The summed E-state index contributed by atoms with van der Waals surface area (Å²) in [4.78, 5) is 22.0. The van der Waals surface area contributed by atoms with E-state index in [1.165, 1.54) is 4.70 Å². The summed E-state index contributed by atoms with van der Waals surface area (Å²) in [5, 5.41) is 1.14. The number of fused-ring (bicyclic) bond motifs is 1. The number of hydrogen-bond acceptors (Lipinski definition) is 4. The van der Waals surface area contributed by atoms with Crippen molar-refractivity contribution in [1.29, 1.82) is 0 Å². The van der Waals surface area contributed by atoms with Gasteiger partial charge in [0.2, 0.25) is 5.91 Å². The van der Waals surface area contributed by atoms with Crippen LogP contribution < -0.4 is 0 Å². The fourth-order valence-electron chi connectivity index (χ4n) is 3.63. The highest BCUT2D eigenvalue weighted by molar-refractivity contribution is 7.18. The molecule has 0 radical (unpaired) electrons. The fourth-order valence-corrected chi connectivity index (χ4v) is 4.75. The lowest BCUT2D eigenvalue weighted by atomic mass is 10.1. The second kappa shape index (κ2) is 7.67. The zero-order valence-electron chi connectivity index (χ0n) is 15.4. The maximum Gasteiger partial charge on any atom is 0.239 e. The zero-order valence-corrected chi connectivity index (χ0v) is 16.2. The summed E-state index contributed by atoms with van der Waals surface area (Å²) < 4.78 is 1.22. The first kappa shape index (κ1) is 18.1. The molecule has 4 nitrogen and oxygen atoms in total. The van der Waals surface area contributed by atoms with Crippen LogP contribution in [0, 0.1) is 0 Å². The summed E-state index contributed by atoms with van der Waals surface area (Å²) in [6.07, 6.45) is 2.19. The van der Waals surface area contributed by atoms with Crippen LogP contribution in [-0.4, -0.2) is 46.4 Å². The number of likely N-dealkylation sites (tertiary alicyclic amines) is 1. The predicted molar refractivity (Wildman–Crippen MR) is 105 cm³/mol. The van der Waals surface area contributed by atoms with E-state index in [0.29, 0.717) is 6.54 Å². The average molecular weight is 358 g/mol. The van der Waals surface area contributed by atoms with Gasteiger partial charge in [-0.1, -0.05) is 24.3 Å². The molecule has 1 amide bonds. The van der Waals surface area contributed by atoms with E-state index in [-0.39, 0.29) is 18.0 Å². The molecule has 0 N–H and O–H groups in total. The molecule has 1 saturated heterocycles. The molecular formula is C20H27N3OS. The third-order valence-electron chi connectivity index (χ3n) is 4.90. The number of para-hydroxylation sites is 1. The predicted octanol–water partition coefficient (Wildman–Crippen LogP) is 4.25. The van der Waals surface area contributed by atoms with Crippen molar-refractivity contribution < 1.29 is 4.79 Å². The SMILES string of the molecule is C=C(C)CN(CC)C(=O)C(C)N1CCCC1c1nc2ccccc2s1. The number of hydrogen-bond donors (Lipinski definition) is 0. The van der Waals surface area contributed by atoms with Gasteiger partial charge in [-0.05, 0) is 52.3 Å². The van der Waals surface area contributed by atoms with Crippen molar-refractivity contribution >= 4 is 27.5 Å². The summed E-state index contributed by atoms with van der Waals surface area (Å²) in [5.74, 6) is 0.193. The van der Waals surface area contributed by atoms with Gasteiger partial charge in [0.15, 0.2) is 0 Å². The highest BCUT2D eigenvalue weighted by Crippen LogP contribution is 2.37. The van der Waals surface area contributed by atoms with Crippen LogP contribution in [-0.2, 0) is 4.79 Å². The first-order chi connectivity index (χ1) is 12.0. The van der Waals surface area contributed by atoms with E-state index in [1.807, 2.05) is 31.7 Å². The number of amides is 1. The lowest BCUT2D eigenvalue weighted by Crippen LogP contribution is -2.47. The Labute approximate surface area is 154 Å². The topological polar surface area (TPSA) is 36.4 Å². The van der Waals surface area contributed by atoms with Crippen LogP contribution in [0.3, 0.4) is 0 Å². The average Bonchev–Trinajstić information content (AvgIpc) is 3.24. The number of rotatable bonds is 6. The van der Waals surface area contributed by atoms with Crippen molar-refractivity contribution in [2.24, 2.45) is 0 Å². The summed E-state index contributed by atoms with van der Waals surface area (Å²) in [6, 6.07) is 8.39. The largest absolute Gasteiger partial charge is 0.338 e. The van der Waals surface area contributed by atoms with Crippen molar-refractivity contribution in [3.8, 4) is 0 Å². The Morgan fingerprint density at radius 3 is 2.92 bits per heavy atom. The second-order valence-corrected chi connectivity index (χ2v) is 7.96. The molecule has 3 rings (SSSR count). The number of aromatic nitrogens is 1. The molecule has 0 saturated carbocycles. The van der Waals surface area contributed by atoms with E-state index in [2.05, 4.69) is 29.7 Å². The summed E-state index contributed by atoms with van der Waals surface area (Å²) in [6.45, 7) is 12.3. The minimum Gasteiger partial charge on any atom is -0.338 e. The second-order valence-electron chi connectivity index (χ2n) is 6.90. The number of carbonyl (C=O) groups excluding carboxylic acids is 1. The molecule has 2 heterocycles. The molecular weight excluding hydrogens is 330 g/mol. The van der Waals surface area contributed by atoms with Crippen molar-refractivity contribution in [1.82, 2.24) is 14.8 Å². The fraction of sp³-hybridized carbons (Fsp3) is 0.500. The Hall–Kier alpha value is -1.72. The molecule has 2 aromatic rings. The van der Waals surface area contributed by atoms with Gasteiger partial charge in [0.25, 0.3) is 0 Å². The van der Waals surface area contributed by atoms with E-state index < -0.39 is 0 Å². The minimum atomic E-state index is -0.126. The van der Waals surface area contributed by atoms with Gasteiger partial charge >= 0.3 is 0 Å². The zero-order chi connectivity index (χ0) is 18.0. The molecule has 1 fully saturated rings. The third kappa shape index (κ3) is 3.77. The molecule has 1 aromatic carbocycles. The molecule has 0 spiro atoms. The third-order valence-corrected chi connectivity index (χ3v) is 6.04. The number of thiazole rings is 1. The Balaban J connectivity index is 1.80. The van der Waals surface area contributed by atoms with Crippen LogP contribution in [0.5, 0.6) is 0 Å². The van der Waals surface area contributed by atoms with E-state index in [0.717, 1.165) is 42.0 Å². The molecule has 1 aliphatic rings. The first-order valence-corrected chi connectivity index (χ1v) is 9.87. The maximum atomic E-state index is 13.0. The monoisotopic (exact) mass is 357 g/mol. The standard InChI is InChI=1S/C20H27N3OS/c1-5-22(13-14(2)3)20(24)15(4)23-12-8-10-17(23)19-21-16-9-6-7-11-18(16)25-19/h6-7,9,11,15,17H,2,5,8,10,12-13H2,1,3-4H3. The van der Waals surface area contributed by atoms with Gasteiger partial charge in [-0.3, -0.25) is 9.69 Å². The number of carbonyl (C=O) groups is 1. The highest BCUT2D eigenvalue weighted by atomic mass is 32.1. The Bertz CT molecular complexity index is 736. The minimum absolute atomic E-state index is 0.126. The lowest BCUT2D eigenvalue weighted by Gasteiger charge is -2.32. The van der Waals surface area contributed by atoms with E-state index in [4.69, 9.17) is 4.98 Å². The number of nitrogens with zero attached hydrogens (tertiary/aromatic N) is 3. The van der Waals surface area contributed by atoms with Gasteiger partial charge in [-0.15, -0.1) is 11.3 Å². The van der Waals surface area contributed by atoms with Crippen molar-refractivity contribution in [2.75, 3.05) is 19.6 Å². The van der Waals surface area contributed by atoms with Gasteiger partial charge in [0.05, 0.1) is 22.3 Å². The molecule has 0 bridgehead atoms. The number of likely N-dealkylation sites (N-methyl/N-ethyl adjacent to an activating group) is 1. The van der Waals surface area contributed by atoms with Crippen LogP contribution in [0.2, 0.25) is 0 Å². The molecule has 25 heavy (non-hydrogen) atoms. The smallest absolute Gasteiger partial charge is 0.239 e. The molecule has 2 unspecified atom stereocenters. The highest BCUT2D eigenvalue weighted by Gasteiger charge is 2.36. The first-order valence-electron chi connectivity index (χ1n) is 9.05. The Morgan fingerprint density at radius 1 is 1.48 bits per heavy atom. The lowest BCUT2D eigenvalue weighted by molar-refractivity contribution is -0.136. The van der Waals surface area contributed by atoms with Crippen molar-refractivity contribution in [3.63, 3.8) is 0 Å². The van der Waals surface area contributed by atoms with Gasteiger partial charge in [-0.2, -0.15) is 0 Å². The van der Waals surface area contributed by atoms with Crippen LogP contribution in [0.25, 0.3) is 10.2 Å². The summed E-state index contributed by atoms with van der Waals surface area (Å²) in [5.41, 5.74) is 2.08. The summed E-state index contributed by atoms with van der Waals surface area (Å²) in [7, 11) is 0. The molecule has 5 heteroatoms. The van der Waals surface area contributed by atoms with Gasteiger partial charge in [-0.25, -0.2) is 4.98 Å². The van der Waals surface area contributed by atoms with Crippen molar-refractivity contribution in [2.45, 2.75) is 45.7 Å². The Kier molecular flexibility index (Phi) is 5.54.